The Morgan fingerprint density at radius 3 is 2.89 bits per heavy atom. The Kier molecular flexibility index (Phi) is 6.55. The van der Waals surface area contributed by atoms with Gasteiger partial charge in [0.25, 0.3) is 0 Å². The topological polar surface area (TPSA) is 64.9 Å². The first-order valence-electron chi connectivity index (χ1n) is 6.34. The molecule has 2 N–H and O–H groups in total. The zero-order valence-electron chi connectivity index (χ0n) is 11.0. The van der Waals surface area contributed by atoms with E-state index in [0.29, 0.717) is 31.6 Å². The maximum atomic E-state index is 13.7. The second kappa shape index (κ2) is 8.22. The van der Waals surface area contributed by atoms with Gasteiger partial charge in [0.2, 0.25) is 5.91 Å². The summed E-state index contributed by atoms with van der Waals surface area (Å²) < 4.78 is 13.7. The molecule has 1 rings (SSSR count). The highest BCUT2D eigenvalue weighted by Crippen LogP contribution is 2.11. The van der Waals surface area contributed by atoms with Gasteiger partial charge in [-0.25, -0.2) is 4.39 Å². The van der Waals surface area contributed by atoms with Gasteiger partial charge in [-0.2, -0.15) is 5.26 Å². The molecule has 19 heavy (non-hydrogen) atoms. The number of nitriles is 1. The Morgan fingerprint density at radius 2 is 2.21 bits per heavy atom. The second-order valence-corrected chi connectivity index (χ2v) is 4.17. The summed E-state index contributed by atoms with van der Waals surface area (Å²) in [5, 5.41) is 14.5. The standard InChI is InChI=1S/C14H18FN3O/c1-2-7-18-13(19)6-8-17-10-12-5-3-4-11(9-16)14(12)15/h3-5,17H,2,6-8,10H2,1H3,(H,18,19). The Labute approximate surface area is 112 Å². The summed E-state index contributed by atoms with van der Waals surface area (Å²) in [6, 6.07) is 6.51. The summed E-state index contributed by atoms with van der Waals surface area (Å²) in [6.45, 7) is 3.45. The smallest absolute Gasteiger partial charge is 0.221 e. The van der Waals surface area contributed by atoms with Crippen molar-refractivity contribution in [1.29, 1.82) is 5.26 Å². The number of carbonyl (C=O) groups is 1. The van der Waals surface area contributed by atoms with Gasteiger partial charge < -0.3 is 10.6 Å². The Balaban J connectivity index is 2.34. The molecule has 0 radical (unpaired) electrons. The van der Waals surface area contributed by atoms with Crippen LogP contribution < -0.4 is 10.6 Å². The lowest BCUT2D eigenvalue weighted by Crippen LogP contribution is -2.28. The van der Waals surface area contributed by atoms with Gasteiger partial charge in [-0.05, 0) is 12.5 Å². The van der Waals surface area contributed by atoms with Gasteiger partial charge in [-0.3, -0.25) is 4.79 Å². The highest BCUT2D eigenvalue weighted by atomic mass is 19.1. The first-order valence-corrected chi connectivity index (χ1v) is 6.34. The number of hydrogen-bond acceptors (Lipinski definition) is 3. The van der Waals surface area contributed by atoms with Gasteiger partial charge in [0.15, 0.2) is 0 Å². The summed E-state index contributed by atoms with van der Waals surface area (Å²) in [5.41, 5.74) is 0.480. The molecule has 4 nitrogen and oxygen atoms in total. The van der Waals surface area contributed by atoms with Crippen molar-refractivity contribution in [3.63, 3.8) is 0 Å². The molecule has 1 aromatic carbocycles. The van der Waals surface area contributed by atoms with Gasteiger partial charge >= 0.3 is 0 Å². The summed E-state index contributed by atoms with van der Waals surface area (Å²) in [7, 11) is 0. The van der Waals surface area contributed by atoms with Crippen molar-refractivity contribution in [3.8, 4) is 6.07 Å². The molecule has 0 aliphatic rings. The van der Waals surface area contributed by atoms with Crippen molar-refractivity contribution in [2.24, 2.45) is 0 Å². The third kappa shape index (κ3) is 5.06. The Morgan fingerprint density at radius 1 is 1.42 bits per heavy atom. The van der Waals surface area contributed by atoms with Crippen molar-refractivity contribution >= 4 is 5.91 Å². The van der Waals surface area contributed by atoms with Crippen LogP contribution in [0.4, 0.5) is 4.39 Å². The van der Waals surface area contributed by atoms with E-state index in [-0.39, 0.29) is 11.5 Å². The van der Waals surface area contributed by atoms with Gasteiger partial charge in [0.1, 0.15) is 11.9 Å². The van der Waals surface area contributed by atoms with Crippen molar-refractivity contribution in [2.75, 3.05) is 13.1 Å². The molecule has 1 aromatic rings. The maximum Gasteiger partial charge on any atom is 0.221 e. The minimum atomic E-state index is -0.493. The minimum Gasteiger partial charge on any atom is -0.356 e. The average Bonchev–Trinajstić information content (AvgIpc) is 2.42. The Bertz CT molecular complexity index is 468. The fourth-order valence-electron chi connectivity index (χ4n) is 1.58. The van der Waals surface area contributed by atoms with Crippen LogP contribution in [0.2, 0.25) is 0 Å². The minimum absolute atomic E-state index is 0.0133. The number of amides is 1. The van der Waals surface area contributed by atoms with Crippen LogP contribution in [0.1, 0.15) is 30.9 Å². The number of benzene rings is 1. The van der Waals surface area contributed by atoms with Crippen LogP contribution in [0.5, 0.6) is 0 Å². The lowest BCUT2D eigenvalue weighted by Gasteiger charge is -2.07. The van der Waals surface area contributed by atoms with Crippen LogP contribution in [0.25, 0.3) is 0 Å². The Hall–Kier alpha value is -1.93. The van der Waals surface area contributed by atoms with Crippen LogP contribution in [-0.4, -0.2) is 19.0 Å². The number of rotatable bonds is 7. The molecule has 5 heteroatoms. The summed E-state index contributed by atoms with van der Waals surface area (Å²) >= 11 is 0. The number of carbonyl (C=O) groups excluding carboxylic acids is 1. The number of nitrogens with one attached hydrogen (secondary N) is 2. The third-order valence-electron chi connectivity index (χ3n) is 2.62. The van der Waals surface area contributed by atoms with Crippen molar-refractivity contribution in [1.82, 2.24) is 10.6 Å². The van der Waals surface area contributed by atoms with Crippen molar-refractivity contribution < 1.29 is 9.18 Å². The highest BCUT2D eigenvalue weighted by molar-refractivity contribution is 5.75. The van der Waals surface area contributed by atoms with E-state index in [1.807, 2.05) is 6.92 Å². The molecule has 0 spiro atoms. The first-order chi connectivity index (χ1) is 9.19. The molecule has 0 fully saturated rings. The van der Waals surface area contributed by atoms with E-state index >= 15 is 0 Å². The quantitative estimate of drug-likeness (QED) is 0.736. The molecule has 0 aliphatic heterocycles. The molecular weight excluding hydrogens is 245 g/mol. The first kappa shape index (κ1) is 15.1. The summed E-state index contributed by atoms with van der Waals surface area (Å²) in [6.07, 6.45) is 1.27. The molecule has 0 atom stereocenters. The normalized spacial score (nSPS) is 9.95. The molecule has 0 saturated carbocycles. The third-order valence-corrected chi connectivity index (χ3v) is 2.62. The molecule has 0 aromatic heterocycles. The lowest BCUT2D eigenvalue weighted by molar-refractivity contribution is -0.120. The van der Waals surface area contributed by atoms with E-state index in [1.165, 1.54) is 6.07 Å². The predicted molar refractivity (Wildman–Crippen MR) is 70.7 cm³/mol. The SMILES string of the molecule is CCCNC(=O)CCNCc1cccc(C#N)c1F. The molecule has 1 amide bonds. The predicted octanol–water partition coefficient (Wildman–Crippen LogP) is 1.70. The highest BCUT2D eigenvalue weighted by Gasteiger charge is 2.07. The molecule has 102 valence electrons. The van der Waals surface area contributed by atoms with Gasteiger partial charge in [0.05, 0.1) is 5.56 Å². The van der Waals surface area contributed by atoms with Crippen LogP contribution >= 0.6 is 0 Å². The zero-order chi connectivity index (χ0) is 14.1. The fraction of sp³-hybridized carbons (Fsp3) is 0.429. The monoisotopic (exact) mass is 263 g/mol. The van der Waals surface area contributed by atoms with Gasteiger partial charge in [-0.1, -0.05) is 19.1 Å². The fourth-order valence-corrected chi connectivity index (χ4v) is 1.58. The van der Waals surface area contributed by atoms with Gasteiger partial charge in [0, 0.05) is 31.6 Å². The molecular formula is C14H18FN3O. The van der Waals surface area contributed by atoms with E-state index < -0.39 is 5.82 Å². The lowest BCUT2D eigenvalue weighted by atomic mass is 10.1. The van der Waals surface area contributed by atoms with Crippen LogP contribution in [-0.2, 0) is 11.3 Å². The van der Waals surface area contributed by atoms with Crippen molar-refractivity contribution in [3.05, 3.63) is 35.1 Å². The van der Waals surface area contributed by atoms with E-state index in [4.69, 9.17) is 5.26 Å². The van der Waals surface area contributed by atoms with E-state index in [2.05, 4.69) is 10.6 Å². The summed E-state index contributed by atoms with van der Waals surface area (Å²) in [5.74, 6) is -0.506. The van der Waals surface area contributed by atoms with Crippen LogP contribution in [0.3, 0.4) is 0 Å². The summed E-state index contributed by atoms with van der Waals surface area (Å²) in [4.78, 5) is 11.3. The van der Waals surface area contributed by atoms with E-state index in [0.717, 1.165) is 6.42 Å². The van der Waals surface area contributed by atoms with Crippen LogP contribution in [0, 0.1) is 17.1 Å². The van der Waals surface area contributed by atoms with Crippen LogP contribution in [0.15, 0.2) is 18.2 Å². The number of nitrogens with zero attached hydrogens (tertiary/aromatic N) is 1. The molecule has 0 bridgehead atoms. The van der Waals surface area contributed by atoms with Crippen molar-refractivity contribution in [2.45, 2.75) is 26.3 Å². The number of hydrogen-bond donors (Lipinski definition) is 2. The molecule has 0 unspecified atom stereocenters. The number of halogens is 1. The zero-order valence-corrected chi connectivity index (χ0v) is 11.0. The maximum absolute atomic E-state index is 13.7. The van der Waals surface area contributed by atoms with Gasteiger partial charge in [-0.15, -0.1) is 0 Å². The molecule has 0 heterocycles. The van der Waals surface area contributed by atoms with E-state index in [9.17, 15) is 9.18 Å². The molecule has 0 aliphatic carbocycles. The average molecular weight is 263 g/mol. The largest absolute Gasteiger partial charge is 0.356 e. The van der Waals surface area contributed by atoms with E-state index in [1.54, 1.807) is 18.2 Å². The molecule has 0 saturated heterocycles. The second-order valence-electron chi connectivity index (χ2n) is 4.17.